The second-order valence-corrected chi connectivity index (χ2v) is 5.20. The molecular formula is C13H21N5O5. The number of carbonyl (C=O) groups excluding carboxylic acids is 2. The molecule has 7 N–H and O–H groups in total. The van der Waals surface area contributed by atoms with E-state index >= 15 is 0 Å². The number of hydrogen-bond donors (Lipinski definition) is 6. The van der Waals surface area contributed by atoms with Crippen LogP contribution in [0.3, 0.4) is 0 Å². The number of nitrogens with zero attached hydrogens (tertiary/aromatic N) is 1. The van der Waals surface area contributed by atoms with E-state index in [-0.39, 0.29) is 6.42 Å². The maximum Gasteiger partial charge on any atom is 0.326 e. The number of carboxylic acids is 1. The number of carbonyl (C=O) groups is 3. The molecule has 0 aliphatic heterocycles. The Balaban J connectivity index is 2.77. The molecule has 1 aromatic heterocycles. The van der Waals surface area contributed by atoms with Crippen molar-refractivity contribution in [3.8, 4) is 0 Å². The number of rotatable bonds is 8. The van der Waals surface area contributed by atoms with Crippen molar-refractivity contribution in [2.75, 3.05) is 0 Å². The predicted molar refractivity (Wildman–Crippen MR) is 79.1 cm³/mol. The number of amides is 2. The summed E-state index contributed by atoms with van der Waals surface area (Å²) in [4.78, 5) is 41.5. The van der Waals surface area contributed by atoms with Crippen LogP contribution in [0.4, 0.5) is 0 Å². The number of hydrogen-bond acceptors (Lipinski definition) is 6. The van der Waals surface area contributed by atoms with E-state index in [1.807, 2.05) is 0 Å². The Labute approximate surface area is 132 Å². The molecular weight excluding hydrogens is 306 g/mol. The second kappa shape index (κ2) is 8.25. The number of aromatic nitrogens is 2. The average molecular weight is 327 g/mol. The molecule has 2 amide bonds. The minimum Gasteiger partial charge on any atom is -0.480 e. The first-order valence-electron chi connectivity index (χ1n) is 6.96. The van der Waals surface area contributed by atoms with E-state index in [1.54, 1.807) is 0 Å². The Kier molecular flexibility index (Phi) is 6.66. The lowest BCUT2D eigenvalue weighted by molar-refractivity contribution is -0.142. The highest BCUT2D eigenvalue weighted by molar-refractivity contribution is 5.92. The van der Waals surface area contributed by atoms with Crippen LogP contribution in [-0.2, 0) is 20.8 Å². The number of carboxylic acid groups (broad SMARTS) is 1. The summed E-state index contributed by atoms with van der Waals surface area (Å²) in [5.41, 5.74) is 5.91. The molecule has 0 spiro atoms. The van der Waals surface area contributed by atoms with Crippen molar-refractivity contribution in [1.29, 1.82) is 0 Å². The lowest BCUT2D eigenvalue weighted by Gasteiger charge is -2.23. The average Bonchev–Trinajstić information content (AvgIpc) is 2.95. The van der Waals surface area contributed by atoms with Gasteiger partial charge in [0.1, 0.15) is 12.1 Å². The number of aliphatic hydroxyl groups is 1. The molecule has 0 radical (unpaired) electrons. The molecule has 10 heteroatoms. The van der Waals surface area contributed by atoms with E-state index in [4.69, 9.17) is 5.73 Å². The molecule has 128 valence electrons. The minimum absolute atomic E-state index is 0.0190. The normalized spacial score (nSPS) is 16.0. The van der Waals surface area contributed by atoms with Crippen molar-refractivity contribution >= 4 is 17.8 Å². The van der Waals surface area contributed by atoms with Gasteiger partial charge < -0.3 is 31.6 Å². The van der Waals surface area contributed by atoms with Crippen molar-refractivity contribution in [1.82, 2.24) is 20.6 Å². The van der Waals surface area contributed by atoms with Gasteiger partial charge in [-0.25, -0.2) is 9.78 Å². The number of imidazole rings is 1. The van der Waals surface area contributed by atoms with Gasteiger partial charge in [0.05, 0.1) is 18.5 Å². The minimum atomic E-state index is -1.31. The highest BCUT2D eigenvalue weighted by Gasteiger charge is 2.30. The fraction of sp³-hybridized carbons (Fsp3) is 0.538. The van der Waals surface area contributed by atoms with Crippen LogP contribution >= 0.6 is 0 Å². The fourth-order valence-electron chi connectivity index (χ4n) is 1.77. The Morgan fingerprint density at radius 1 is 1.30 bits per heavy atom. The number of nitrogens with two attached hydrogens (primary N) is 1. The molecule has 4 unspecified atom stereocenters. The Bertz CT molecular complexity index is 543. The molecule has 0 aliphatic rings. The summed E-state index contributed by atoms with van der Waals surface area (Å²) in [5, 5.41) is 23.4. The molecule has 0 fully saturated rings. The first-order chi connectivity index (χ1) is 10.7. The number of nitrogens with one attached hydrogen (secondary N) is 3. The summed E-state index contributed by atoms with van der Waals surface area (Å²) in [6.07, 6.45) is 1.58. The van der Waals surface area contributed by atoms with Gasteiger partial charge >= 0.3 is 5.97 Å². The summed E-state index contributed by atoms with van der Waals surface area (Å²) >= 11 is 0. The Morgan fingerprint density at radius 3 is 2.39 bits per heavy atom. The molecule has 1 aromatic rings. The van der Waals surface area contributed by atoms with Gasteiger partial charge in [-0.3, -0.25) is 9.59 Å². The van der Waals surface area contributed by atoms with Gasteiger partial charge in [-0.1, -0.05) is 0 Å². The summed E-state index contributed by atoms with van der Waals surface area (Å²) in [7, 11) is 0. The van der Waals surface area contributed by atoms with Crippen LogP contribution in [0.15, 0.2) is 12.5 Å². The van der Waals surface area contributed by atoms with E-state index in [2.05, 4.69) is 20.6 Å². The van der Waals surface area contributed by atoms with Crippen LogP contribution in [-0.4, -0.2) is 62.2 Å². The second-order valence-electron chi connectivity index (χ2n) is 5.20. The molecule has 0 saturated heterocycles. The van der Waals surface area contributed by atoms with Gasteiger partial charge in [0.25, 0.3) is 0 Å². The van der Waals surface area contributed by atoms with Crippen LogP contribution in [0.5, 0.6) is 0 Å². The maximum atomic E-state index is 12.2. The third kappa shape index (κ3) is 5.68. The summed E-state index contributed by atoms with van der Waals surface area (Å²) in [5.74, 6) is -2.71. The Morgan fingerprint density at radius 2 is 1.96 bits per heavy atom. The monoisotopic (exact) mass is 327 g/mol. The van der Waals surface area contributed by atoms with Crippen LogP contribution in [0.2, 0.25) is 0 Å². The summed E-state index contributed by atoms with van der Waals surface area (Å²) in [6.45, 7) is 2.72. The fourth-order valence-corrected chi connectivity index (χ4v) is 1.77. The van der Waals surface area contributed by atoms with E-state index in [0.717, 1.165) is 0 Å². The molecule has 1 rings (SSSR count). The van der Waals surface area contributed by atoms with Gasteiger partial charge in [-0.2, -0.15) is 0 Å². The zero-order chi connectivity index (χ0) is 17.6. The highest BCUT2D eigenvalue weighted by Crippen LogP contribution is 2.01. The molecule has 0 bridgehead atoms. The third-order valence-corrected chi connectivity index (χ3v) is 3.07. The van der Waals surface area contributed by atoms with E-state index in [0.29, 0.717) is 5.69 Å². The molecule has 1 heterocycles. The molecule has 10 nitrogen and oxygen atoms in total. The quantitative estimate of drug-likeness (QED) is 0.312. The maximum absolute atomic E-state index is 12.2. The Hall–Kier alpha value is -2.46. The van der Waals surface area contributed by atoms with E-state index < -0.39 is 42.0 Å². The third-order valence-electron chi connectivity index (χ3n) is 3.07. The van der Waals surface area contributed by atoms with Crippen molar-refractivity contribution in [2.24, 2.45) is 5.73 Å². The zero-order valence-electron chi connectivity index (χ0n) is 12.8. The molecule has 23 heavy (non-hydrogen) atoms. The van der Waals surface area contributed by atoms with Gasteiger partial charge in [0.15, 0.2) is 0 Å². The highest BCUT2D eigenvalue weighted by atomic mass is 16.4. The lowest BCUT2D eigenvalue weighted by Crippen LogP contribution is -2.58. The van der Waals surface area contributed by atoms with Crippen LogP contribution in [0.25, 0.3) is 0 Å². The number of aliphatic carboxylic acids is 1. The van der Waals surface area contributed by atoms with Crippen LogP contribution in [0.1, 0.15) is 19.5 Å². The van der Waals surface area contributed by atoms with Crippen molar-refractivity contribution in [3.05, 3.63) is 18.2 Å². The lowest BCUT2D eigenvalue weighted by atomic mass is 10.1. The molecule has 0 saturated carbocycles. The summed E-state index contributed by atoms with van der Waals surface area (Å²) in [6, 6.07) is -3.42. The zero-order valence-corrected chi connectivity index (χ0v) is 12.8. The largest absolute Gasteiger partial charge is 0.480 e. The predicted octanol–water partition coefficient (Wildman–Crippen LogP) is -2.27. The molecule has 0 aliphatic carbocycles. The van der Waals surface area contributed by atoms with Gasteiger partial charge in [0, 0.05) is 18.3 Å². The SMILES string of the molecule is CC(N)C(=O)NC(C(=O)NC(Cc1cnc[nH]1)C(=O)O)C(C)O. The smallest absolute Gasteiger partial charge is 0.326 e. The molecule has 4 atom stereocenters. The van der Waals surface area contributed by atoms with E-state index in [9.17, 15) is 24.6 Å². The van der Waals surface area contributed by atoms with Gasteiger partial charge in [-0.15, -0.1) is 0 Å². The van der Waals surface area contributed by atoms with Crippen molar-refractivity contribution < 1.29 is 24.6 Å². The van der Waals surface area contributed by atoms with Crippen molar-refractivity contribution in [3.63, 3.8) is 0 Å². The van der Waals surface area contributed by atoms with E-state index in [1.165, 1.54) is 26.4 Å². The first-order valence-corrected chi connectivity index (χ1v) is 6.96. The number of aromatic amines is 1. The number of aliphatic hydroxyl groups excluding tert-OH is 1. The topological polar surface area (TPSA) is 170 Å². The molecule has 0 aromatic carbocycles. The van der Waals surface area contributed by atoms with Gasteiger partial charge in [0.2, 0.25) is 11.8 Å². The number of H-pyrrole nitrogens is 1. The van der Waals surface area contributed by atoms with Crippen molar-refractivity contribution in [2.45, 2.75) is 44.5 Å². The van der Waals surface area contributed by atoms with Crippen LogP contribution in [0, 0.1) is 0 Å². The standard InChI is InChI=1S/C13H21N5O5/c1-6(14)11(20)18-10(7(2)19)12(21)17-9(13(22)23)3-8-4-15-5-16-8/h4-7,9-10,19H,3,14H2,1-2H3,(H,15,16)(H,17,21)(H,18,20)(H,22,23). The van der Waals surface area contributed by atoms with Crippen LogP contribution < -0.4 is 16.4 Å². The summed E-state index contributed by atoms with van der Waals surface area (Å²) < 4.78 is 0. The first kappa shape index (κ1) is 18.6. The van der Waals surface area contributed by atoms with Gasteiger partial charge in [-0.05, 0) is 13.8 Å².